The molecule has 0 bridgehead atoms. The fourth-order valence-corrected chi connectivity index (χ4v) is 4.27. The van der Waals surface area contributed by atoms with Gasteiger partial charge in [-0.2, -0.15) is 5.10 Å². The number of aryl methyl sites for hydroxylation is 1. The Morgan fingerprint density at radius 3 is 2.56 bits per heavy atom. The third-order valence-corrected chi connectivity index (χ3v) is 6.67. The van der Waals surface area contributed by atoms with Gasteiger partial charge in [0.15, 0.2) is 5.13 Å². The molecule has 3 aromatic rings. The third kappa shape index (κ3) is 4.54. The summed E-state index contributed by atoms with van der Waals surface area (Å²) in [5.74, 6) is -0.262. The summed E-state index contributed by atoms with van der Waals surface area (Å²) in [4.78, 5) is 16.4. The lowest BCUT2D eigenvalue weighted by atomic mass is 10.2. The Balaban J connectivity index is 1.69. The first-order valence-corrected chi connectivity index (χ1v) is 11.0. The summed E-state index contributed by atoms with van der Waals surface area (Å²) < 4.78 is 29.4. The van der Waals surface area contributed by atoms with Crippen LogP contribution in [0.5, 0.6) is 0 Å². The molecule has 142 valence electrons. The van der Waals surface area contributed by atoms with E-state index in [1.54, 1.807) is 23.2 Å². The molecule has 1 unspecified atom stereocenters. The molecule has 2 aromatic heterocycles. The Labute approximate surface area is 168 Å². The van der Waals surface area contributed by atoms with Crippen LogP contribution in [0, 0.1) is 6.92 Å². The van der Waals surface area contributed by atoms with E-state index >= 15 is 0 Å². The van der Waals surface area contributed by atoms with Crippen LogP contribution in [0.3, 0.4) is 0 Å². The van der Waals surface area contributed by atoms with E-state index in [9.17, 15) is 13.2 Å². The molecule has 1 atom stereocenters. The molecule has 0 aliphatic heterocycles. The van der Waals surface area contributed by atoms with Gasteiger partial charge in [-0.15, -0.1) is 11.3 Å². The molecule has 0 fully saturated rings. The van der Waals surface area contributed by atoms with Gasteiger partial charge in [-0.25, -0.2) is 13.4 Å². The highest BCUT2D eigenvalue weighted by atomic mass is 79.9. The van der Waals surface area contributed by atoms with Gasteiger partial charge in [0.25, 0.3) is 10.0 Å². The molecule has 3 rings (SSSR count). The van der Waals surface area contributed by atoms with E-state index in [-0.39, 0.29) is 10.8 Å². The van der Waals surface area contributed by atoms with Gasteiger partial charge in [0.1, 0.15) is 6.04 Å². The zero-order chi connectivity index (χ0) is 19.6. The molecular formula is C16H16BrN5O3S2. The molecule has 0 spiro atoms. The molecule has 0 radical (unpaired) electrons. The highest BCUT2D eigenvalue weighted by molar-refractivity contribution is 9.10. The minimum atomic E-state index is -3.72. The summed E-state index contributed by atoms with van der Waals surface area (Å²) in [6, 6.07) is 5.39. The number of aromatic nitrogens is 3. The Hall–Kier alpha value is -2.24. The highest BCUT2D eigenvalue weighted by Gasteiger charge is 2.19. The second-order valence-corrected chi connectivity index (χ2v) is 9.11. The molecule has 11 heteroatoms. The van der Waals surface area contributed by atoms with Crippen molar-refractivity contribution in [2.45, 2.75) is 24.8 Å². The predicted octanol–water partition coefficient (Wildman–Crippen LogP) is 3.41. The van der Waals surface area contributed by atoms with Crippen LogP contribution in [0.2, 0.25) is 0 Å². The van der Waals surface area contributed by atoms with Gasteiger partial charge in [0.2, 0.25) is 5.91 Å². The summed E-state index contributed by atoms with van der Waals surface area (Å²) in [5, 5.41) is 8.99. The second-order valence-electron chi connectivity index (χ2n) is 5.67. The van der Waals surface area contributed by atoms with Gasteiger partial charge in [-0.1, -0.05) is 0 Å². The standard InChI is InChI=1S/C16H16BrN5O3S2/c1-10-14(17)9-22(20-10)11(2)15(23)19-12-3-5-13(6-4-12)27(24,25)21-16-18-7-8-26-16/h3-9,11H,1-2H3,(H,18,21)(H,19,23). The van der Waals surface area contributed by atoms with E-state index < -0.39 is 16.1 Å². The number of thiazole rings is 1. The number of hydrogen-bond acceptors (Lipinski definition) is 6. The van der Waals surface area contributed by atoms with Gasteiger partial charge in [0, 0.05) is 23.5 Å². The molecule has 27 heavy (non-hydrogen) atoms. The molecule has 1 aromatic carbocycles. The first kappa shape index (κ1) is 19.5. The zero-order valence-corrected chi connectivity index (χ0v) is 17.6. The van der Waals surface area contributed by atoms with Crippen LogP contribution in [-0.4, -0.2) is 29.1 Å². The van der Waals surface area contributed by atoms with E-state index in [1.807, 2.05) is 6.92 Å². The number of nitrogens with zero attached hydrogens (tertiary/aromatic N) is 3. The van der Waals surface area contributed by atoms with Crippen LogP contribution in [0.15, 0.2) is 51.4 Å². The molecule has 8 nitrogen and oxygen atoms in total. The Kier molecular flexibility index (Phi) is 5.63. The van der Waals surface area contributed by atoms with Crippen LogP contribution in [0.1, 0.15) is 18.7 Å². The molecule has 1 amide bonds. The third-order valence-electron chi connectivity index (χ3n) is 3.72. The molecule has 0 saturated heterocycles. The van der Waals surface area contributed by atoms with Crippen molar-refractivity contribution in [1.29, 1.82) is 0 Å². The normalized spacial score (nSPS) is 12.6. The summed E-state index contributed by atoms with van der Waals surface area (Å²) in [5.41, 5.74) is 1.28. The number of anilines is 2. The maximum atomic E-state index is 12.4. The zero-order valence-electron chi connectivity index (χ0n) is 14.4. The molecular weight excluding hydrogens is 454 g/mol. The van der Waals surface area contributed by atoms with Crippen LogP contribution < -0.4 is 10.0 Å². The monoisotopic (exact) mass is 469 g/mol. The van der Waals surface area contributed by atoms with Gasteiger partial charge in [-0.3, -0.25) is 14.2 Å². The van der Waals surface area contributed by atoms with Crippen molar-refractivity contribution in [1.82, 2.24) is 14.8 Å². The Morgan fingerprint density at radius 1 is 1.30 bits per heavy atom. The molecule has 0 aliphatic carbocycles. The maximum absolute atomic E-state index is 12.4. The van der Waals surface area contributed by atoms with E-state index in [1.165, 1.54) is 41.8 Å². The number of rotatable bonds is 6. The van der Waals surface area contributed by atoms with E-state index in [4.69, 9.17) is 0 Å². The second kappa shape index (κ2) is 7.79. The van der Waals surface area contributed by atoms with Crippen molar-refractivity contribution in [2.75, 3.05) is 10.0 Å². The fraction of sp³-hybridized carbons (Fsp3) is 0.188. The average molecular weight is 470 g/mol. The lowest BCUT2D eigenvalue weighted by Crippen LogP contribution is -2.24. The Morgan fingerprint density at radius 2 is 2.00 bits per heavy atom. The summed E-state index contributed by atoms with van der Waals surface area (Å²) in [7, 11) is -3.72. The highest BCUT2D eigenvalue weighted by Crippen LogP contribution is 2.21. The number of sulfonamides is 1. The van der Waals surface area contributed by atoms with Gasteiger partial charge in [0.05, 0.1) is 15.1 Å². The van der Waals surface area contributed by atoms with Crippen molar-refractivity contribution in [3.8, 4) is 0 Å². The van der Waals surface area contributed by atoms with Crippen molar-refractivity contribution >= 4 is 54.0 Å². The lowest BCUT2D eigenvalue weighted by molar-refractivity contribution is -0.119. The number of hydrogen-bond donors (Lipinski definition) is 2. The SMILES string of the molecule is Cc1nn(C(C)C(=O)Nc2ccc(S(=O)(=O)Nc3nccs3)cc2)cc1Br. The first-order chi connectivity index (χ1) is 12.8. The number of nitrogens with one attached hydrogen (secondary N) is 2. The first-order valence-electron chi connectivity index (χ1n) is 7.81. The average Bonchev–Trinajstić information content (AvgIpc) is 3.24. The number of benzene rings is 1. The number of halogens is 1. The smallest absolute Gasteiger partial charge is 0.263 e. The number of carbonyl (C=O) groups is 1. The van der Waals surface area contributed by atoms with Crippen molar-refractivity contribution in [2.24, 2.45) is 0 Å². The number of amides is 1. The van der Waals surface area contributed by atoms with Crippen LogP contribution in [0.4, 0.5) is 10.8 Å². The van der Waals surface area contributed by atoms with Gasteiger partial charge < -0.3 is 5.32 Å². The van der Waals surface area contributed by atoms with Crippen molar-refractivity contribution in [3.63, 3.8) is 0 Å². The predicted molar refractivity (Wildman–Crippen MR) is 107 cm³/mol. The van der Waals surface area contributed by atoms with Crippen molar-refractivity contribution < 1.29 is 13.2 Å². The minimum Gasteiger partial charge on any atom is -0.324 e. The van der Waals surface area contributed by atoms with Gasteiger partial charge >= 0.3 is 0 Å². The molecule has 2 heterocycles. The molecule has 0 saturated carbocycles. The number of carbonyl (C=O) groups excluding carboxylic acids is 1. The fourth-order valence-electron chi connectivity index (χ4n) is 2.19. The summed E-state index contributed by atoms with van der Waals surface area (Å²) in [6.45, 7) is 3.56. The Bertz CT molecular complexity index is 1030. The van der Waals surface area contributed by atoms with Crippen LogP contribution in [-0.2, 0) is 14.8 Å². The maximum Gasteiger partial charge on any atom is 0.263 e. The van der Waals surface area contributed by atoms with Gasteiger partial charge in [-0.05, 0) is 54.0 Å². The molecule has 2 N–H and O–H groups in total. The minimum absolute atomic E-state index is 0.0791. The van der Waals surface area contributed by atoms with Crippen molar-refractivity contribution in [3.05, 3.63) is 52.2 Å². The summed E-state index contributed by atoms with van der Waals surface area (Å²) in [6.07, 6.45) is 3.25. The van der Waals surface area contributed by atoms with Crippen LogP contribution in [0.25, 0.3) is 0 Å². The quantitative estimate of drug-likeness (QED) is 0.575. The van der Waals surface area contributed by atoms with E-state index in [2.05, 4.69) is 36.1 Å². The van der Waals surface area contributed by atoms with E-state index in [0.29, 0.717) is 10.8 Å². The topological polar surface area (TPSA) is 106 Å². The van der Waals surface area contributed by atoms with E-state index in [0.717, 1.165) is 10.2 Å². The summed E-state index contributed by atoms with van der Waals surface area (Å²) >= 11 is 4.56. The molecule has 0 aliphatic rings. The largest absolute Gasteiger partial charge is 0.324 e. The lowest BCUT2D eigenvalue weighted by Gasteiger charge is -2.13. The van der Waals surface area contributed by atoms with Crippen LogP contribution >= 0.6 is 27.3 Å².